The van der Waals surface area contributed by atoms with E-state index in [0.717, 1.165) is 0 Å². The molecule has 2 unspecified atom stereocenters. The van der Waals surface area contributed by atoms with Gasteiger partial charge in [-0.2, -0.15) is 0 Å². The normalized spacial score (nSPS) is 22.4. The van der Waals surface area contributed by atoms with Crippen LogP contribution in [0.25, 0.3) is 0 Å². The zero-order chi connectivity index (χ0) is 13.3. The van der Waals surface area contributed by atoms with Crippen LogP contribution in [0.3, 0.4) is 0 Å². The molecule has 0 aromatic heterocycles. The minimum atomic E-state index is -0.854. The molecule has 1 aliphatic rings. The Morgan fingerprint density at radius 2 is 2.11 bits per heavy atom. The Kier molecular flexibility index (Phi) is 3.57. The van der Waals surface area contributed by atoms with Gasteiger partial charge in [0.1, 0.15) is 5.88 Å². The monoisotopic (exact) mass is 267 g/mol. The van der Waals surface area contributed by atoms with Gasteiger partial charge in [-0.1, -0.05) is 18.2 Å². The standard InChI is InChI=1S/C13H14ClNO3/c1-8-6-10(13(17)18)9-4-2-3-5-11(9)15(8)12(16)7-14/h2-5,8,10H,6-7H2,1H3,(H,17,18). The molecule has 96 valence electrons. The van der Waals surface area contributed by atoms with Crippen molar-refractivity contribution >= 4 is 29.2 Å². The molecule has 0 saturated carbocycles. The zero-order valence-corrected chi connectivity index (χ0v) is 10.7. The Bertz CT molecular complexity index is 489. The van der Waals surface area contributed by atoms with Gasteiger partial charge >= 0.3 is 5.97 Å². The fraction of sp³-hybridized carbons (Fsp3) is 0.385. The first-order valence-electron chi connectivity index (χ1n) is 5.76. The summed E-state index contributed by atoms with van der Waals surface area (Å²) >= 11 is 5.61. The number of aliphatic carboxylic acids is 1. The maximum Gasteiger partial charge on any atom is 0.311 e. The molecule has 0 saturated heterocycles. The van der Waals surface area contributed by atoms with E-state index in [2.05, 4.69) is 0 Å². The van der Waals surface area contributed by atoms with E-state index in [1.165, 1.54) is 0 Å². The lowest BCUT2D eigenvalue weighted by molar-refractivity contribution is -0.139. The van der Waals surface area contributed by atoms with Crippen molar-refractivity contribution in [2.75, 3.05) is 10.8 Å². The number of amides is 1. The van der Waals surface area contributed by atoms with Gasteiger partial charge in [0, 0.05) is 11.7 Å². The summed E-state index contributed by atoms with van der Waals surface area (Å²) in [5, 5.41) is 9.26. The Morgan fingerprint density at radius 3 is 2.72 bits per heavy atom. The summed E-state index contributed by atoms with van der Waals surface area (Å²) in [6.45, 7) is 1.84. The van der Waals surface area contributed by atoms with Crippen molar-refractivity contribution in [2.24, 2.45) is 0 Å². The largest absolute Gasteiger partial charge is 0.481 e. The summed E-state index contributed by atoms with van der Waals surface area (Å²) in [4.78, 5) is 24.7. The fourth-order valence-electron chi connectivity index (χ4n) is 2.49. The second-order valence-corrected chi connectivity index (χ2v) is 4.70. The molecule has 1 heterocycles. The third kappa shape index (κ3) is 2.08. The first-order chi connectivity index (χ1) is 8.56. The summed E-state index contributed by atoms with van der Waals surface area (Å²) in [7, 11) is 0. The lowest BCUT2D eigenvalue weighted by atomic mass is 9.86. The Labute approximate surface area is 110 Å². The molecule has 1 N–H and O–H groups in total. The number of carboxylic acids is 1. The molecule has 0 radical (unpaired) electrons. The Balaban J connectivity index is 2.51. The van der Waals surface area contributed by atoms with Gasteiger partial charge in [0.15, 0.2) is 0 Å². The van der Waals surface area contributed by atoms with Gasteiger partial charge in [0.2, 0.25) is 5.91 Å². The van der Waals surface area contributed by atoms with Gasteiger partial charge in [-0.25, -0.2) is 0 Å². The molecule has 5 heteroatoms. The molecule has 0 aliphatic carbocycles. The number of carboxylic acid groups (broad SMARTS) is 1. The van der Waals surface area contributed by atoms with E-state index in [1.807, 2.05) is 6.92 Å². The van der Waals surface area contributed by atoms with E-state index in [-0.39, 0.29) is 17.8 Å². The summed E-state index contributed by atoms with van der Waals surface area (Å²) < 4.78 is 0. The molecular formula is C13H14ClNO3. The highest BCUT2D eigenvalue weighted by atomic mass is 35.5. The van der Waals surface area contributed by atoms with Gasteiger partial charge in [-0.3, -0.25) is 9.59 Å². The van der Waals surface area contributed by atoms with Gasteiger partial charge in [0.05, 0.1) is 5.92 Å². The molecule has 1 aliphatic heterocycles. The first-order valence-corrected chi connectivity index (χ1v) is 6.29. The van der Waals surface area contributed by atoms with E-state index < -0.39 is 11.9 Å². The lowest BCUT2D eigenvalue weighted by Crippen LogP contribution is -2.45. The topological polar surface area (TPSA) is 57.6 Å². The highest BCUT2D eigenvalue weighted by molar-refractivity contribution is 6.29. The summed E-state index contributed by atoms with van der Waals surface area (Å²) in [5.41, 5.74) is 1.34. The van der Waals surface area contributed by atoms with Crippen molar-refractivity contribution in [2.45, 2.75) is 25.3 Å². The van der Waals surface area contributed by atoms with Crippen molar-refractivity contribution in [3.8, 4) is 0 Å². The van der Waals surface area contributed by atoms with Crippen molar-refractivity contribution in [1.29, 1.82) is 0 Å². The average molecular weight is 268 g/mol. The number of rotatable bonds is 2. The molecular weight excluding hydrogens is 254 g/mol. The van der Waals surface area contributed by atoms with E-state index in [4.69, 9.17) is 11.6 Å². The van der Waals surface area contributed by atoms with Gasteiger partial charge in [-0.05, 0) is 25.0 Å². The smallest absolute Gasteiger partial charge is 0.311 e. The van der Waals surface area contributed by atoms with E-state index in [1.54, 1.807) is 29.2 Å². The minimum absolute atomic E-state index is 0.101. The molecule has 4 nitrogen and oxygen atoms in total. The van der Waals surface area contributed by atoms with Crippen LogP contribution >= 0.6 is 11.6 Å². The van der Waals surface area contributed by atoms with Crippen LogP contribution in [-0.4, -0.2) is 28.9 Å². The van der Waals surface area contributed by atoms with Gasteiger partial charge < -0.3 is 10.0 Å². The van der Waals surface area contributed by atoms with Crippen LogP contribution in [0.2, 0.25) is 0 Å². The Morgan fingerprint density at radius 1 is 1.44 bits per heavy atom. The quantitative estimate of drug-likeness (QED) is 0.836. The van der Waals surface area contributed by atoms with Crippen LogP contribution in [0.15, 0.2) is 24.3 Å². The van der Waals surface area contributed by atoms with Gasteiger partial charge in [-0.15, -0.1) is 11.6 Å². The van der Waals surface area contributed by atoms with Crippen LogP contribution in [0.1, 0.15) is 24.8 Å². The third-order valence-electron chi connectivity index (χ3n) is 3.27. The Hall–Kier alpha value is -1.55. The van der Waals surface area contributed by atoms with Crippen molar-refractivity contribution in [1.82, 2.24) is 0 Å². The number of alkyl halides is 1. The number of hydrogen-bond acceptors (Lipinski definition) is 2. The van der Waals surface area contributed by atoms with Crippen molar-refractivity contribution < 1.29 is 14.7 Å². The predicted octanol–water partition coefficient (Wildman–Crippen LogP) is 2.22. The van der Waals surface area contributed by atoms with Crippen LogP contribution in [-0.2, 0) is 9.59 Å². The third-order valence-corrected chi connectivity index (χ3v) is 3.50. The summed E-state index contributed by atoms with van der Waals surface area (Å²) in [6.07, 6.45) is 0.412. The van der Waals surface area contributed by atoms with E-state index >= 15 is 0 Å². The van der Waals surface area contributed by atoms with Crippen molar-refractivity contribution in [3.05, 3.63) is 29.8 Å². The molecule has 1 amide bonds. The van der Waals surface area contributed by atoms with Crippen LogP contribution in [0, 0.1) is 0 Å². The van der Waals surface area contributed by atoms with E-state index in [0.29, 0.717) is 17.7 Å². The molecule has 1 aromatic carbocycles. The number of nitrogens with zero attached hydrogens (tertiary/aromatic N) is 1. The zero-order valence-electron chi connectivity index (χ0n) is 9.97. The first kappa shape index (κ1) is 12.9. The van der Waals surface area contributed by atoms with Gasteiger partial charge in [0.25, 0.3) is 0 Å². The van der Waals surface area contributed by atoms with Crippen LogP contribution < -0.4 is 4.90 Å². The second-order valence-electron chi connectivity index (χ2n) is 4.43. The number of anilines is 1. The number of halogens is 1. The number of hydrogen-bond donors (Lipinski definition) is 1. The van der Waals surface area contributed by atoms with Crippen molar-refractivity contribution in [3.63, 3.8) is 0 Å². The SMILES string of the molecule is CC1CC(C(=O)O)c2ccccc2N1C(=O)CCl. The second kappa shape index (κ2) is 4.98. The summed E-state index contributed by atoms with van der Waals surface area (Å²) in [5.74, 6) is -1.71. The maximum atomic E-state index is 11.9. The highest BCUT2D eigenvalue weighted by Crippen LogP contribution is 2.38. The maximum absolute atomic E-state index is 11.9. The van der Waals surface area contributed by atoms with Crippen LogP contribution in [0.4, 0.5) is 5.69 Å². The molecule has 0 spiro atoms. The number of para-hydroxylation sites is 1. The average Bonchev–Trinajstić information content (AvgIpc) is 2.36. The fourth-order valence-corrected chi connectivity index (χ4v) is 2.62. The molecule has 2 rings (SSSR count). The van der Waals surface area contributed by atoms with Crippen LogP contribution in [0.5, 0.6) is 0 Å². The number of fused-ring (bicyclic) bond motifs is 1. The molecule has 0 bridgehead atoms. The predicted molar refractivity (Wildman–Crippen MR) is 69.1 cm³/mol. The highest BCUT2D eigenvalue weighted by Gasteiger charge is 2.36. The van der Waals surface area contributed by atoms with E-state index in [9.17, 15) is 14.7 Å². The number of carbonyl (C=O) groups excluding carboxylic acids is 1. The molecule has 1 aromatic rings. The molecule has 0 fully saturated rings. The number of carbonyl (C=O) groups is 2. The lowest BCUT2D eigenvalue weighted by Gasteiger charge is -2.37. The minimum Gasteiger partial charge on any atom is -0.481 e. The summed E-state index contributed by atoms with van der Waals surface area (Å²) in [6, 6.07) is 6.95. The molecule has 2 atom stereocenters. The molecule has 18 heavy (non-hydrogen) atoms. The number of benzene rings is 1.